The van der Waals surface area contributed by atoms with Gasteiger partial charge in [-0.25, -0.2) is 0 Å². The summed E-state index contributed by atoms with van der Waals surface area (Å²) in [5.41, 5.74) is 1.55. The summed E-state index contributed by atoms with van der Waals surface area (Å²) in [4.78, 5) is 3.99. The van der Waals surface area contributed by atoms with E-state index in [2.05, 4.69) is 20.9 Å². The third-order valence-electron chi connectivity index (χ3n) is 2.50. The third kappa shape index (κ3) is 2.65. The molecular formula is C13H12BrNO2. The molecule has 0 spiro atoms. The van der Waals surface area contributed by atoms with Gasteiger partial charge in [0.2, 0.25) is 0 Å². The molecule has 0 aliphatic rings. The zero-order chi connectivity index (χ0) is 12.3. The third-order valence-corrected chi connectivity index (χ3v) is 3.19. The summed E-state index contributed by atoms with van der Waals surface area (Å²) in [5, 5.41) is 10.2. The molecule has 2 aromatic rings. The Hall–Kier alpha value is -1.39. The molecule has 3 nitrogen and oxygen atoms in total. The van der Waals surface area contributed by atoms with Crippen molar-refractivity contribution in [3.63, 3.8) is 0 Å². The number of aliphatic hydroxyl groups is 1. The molecule has 0 aliphatic heterocycles. The molecule has 0 fully saturated rings. The SMILES string of the molecule is COc1ccc(C(O)c2cccnc2)c(Br)c1. The maximum absolute atomic E-state index is 10.2. The predicted octanol–water partition coefficient (Wildman–Crippen LogP) is 2.93. The number of rotatable bonds is 3. The van der Waals surface area contributed by atoms with Gasteiger partial charge >= 0.3 is 0 Å². The average Bonchev–Trinajstić information content (AvgIpc) is 2.39. The number of methoxy groups -OCH3 is 1. The normalized spacial score (nSPS) is 12.2. The quantitative estimate of drug-likeness (QED) is 0.946. The molecule has 1 heterocycles. The molecule has 0 amide bonds. The van der Waals surface area contributed by atoms with Crippen LogP contribution in [0.1, 0.15) is 17.2 Å². The lowest BCUT2D eigenvalue weighted by Crippen LogP contribution is -2.01. The molecule has 2 rings (SSSR count). The Morgan fingerprint density at radius 1 is 1.35 bits per heavy atom. The van der Waals surface area contributed by atoms with E-state index in [4.69, 9.17) is 4.74 Å². The smallest absolute Gasteiger partial charge is 0.120 e. The molecule has 0 saturated heterocycles. The highest BCUT2D eigenvalue weighted by molar-refractivity contribution is 9.10. The first-order chi connectivity index (χ1) is 8.22. The highest BCUT2D eigenvalue weighted by Crippen LogP contribution is 2.30. The van der Waals surface area contributed by atoms with Crippen LogP contribution >= 0.6 is 15.9 Å². The summed E-state index contributed by atoms with van der Waals surface area (Å²) in [6.45, 7) is 0. The van der Waals surface area contributed by atoms with E-state index >= 15 is 0 Å². The lowest BCUT2D eigenvalue weighted by atomic mass is 10.0. The minimum atomic E-state index is -0.691. The number of ether oxygens (including phenoxy) is 1. The topological polar surface area (TPSA) is 42.4 Å². The Kier molecular flexibility index (Phi) is 3.76. The summed E-state index contributed by atoms with van der Waals surface area (Å²) in [7, 11) is 1.61. The Bertz CT molecular complexity index is 502. The van der Waals surface area contributed by atoms with Crippen LogP contribution in [0.3, 0.4) is 0 Å². The van der Waals surface area contributed by atoms with Crippen LogP contribution in [0.15, 0.2) is 47.2 Å². The molecule has 0 radical (unpaired) electrons. The predicted molar refractivity (Wildman–Crippen MR) is 69.0 cm³/mol. The van der Waals surface area contributed by atoms with E-state index in [0.717, 1.165) is 21.3 Å². The fraction of sp³-hybridized carbons (Fsp3) is 0.154. The minimum absolute atomic E-state index is 0.691. The first-order valence-corrected chi connectivity index (χ1v) is 5.93. The van der Waals surface area contributed by atoms with E-state index < -0.39 is 6.10 Å². The van der Waals surface area contributed by atoms with Crippen molar-refractivity contribution in [1.29, 1.82) is 0 Å². The summed E-state index contributed by atoms with van der Waals surface area (Å²) in [5.74, 6) is 0.749. The molecular weight excluding hydrogens is 282 g/mol. The second-order valence-electron chi connectivity index (χ2n) is 3.58. The minimum Gasteiger partial charge on any atom is -0.497 e. The van der Waals surface area contributed by atoms with Crippen LogP contribution in [0, 0.1) is 0 Å². The molecule has 0 bridgehead atoms. The number of aromatic nitrogens is 1. The lowest BCUT2D eigenvalue weighted by molar-refractivity contribution is 0.219. The van der Waals surface area contributed by atoms with Crippen LogP contribution < -0.4 is 4.74 Å². The summed E-state index contributed by atoms with van der Waals surface area (Å²) < 4.78 is 5.92. The van der Waals surface area contributed by atoms with Crippen molar-refractivity contribution < 1.29 is 9.84 Å². The van der Waals surface area contributed by atoms with Crippen molar-refractivity contribution in [2.75, 3.05) is 7.11 Å². The molecule has 17 heavy (non-hydrogen) atoms. The van der Waals surface area contributed by atoms with Gasteiger partial charge in [-0.2, -0.15) is 0 Å². The van der Waals surface area contributed by atoms with Crippen LogP contribution in [0.2, 0.25) is 0 Å². The first kappa shape index (κ1) is 12.1. The van der Waals surface area contributed by atoms with E-state index in [1.807, 2.05) is 24.3 Å². The van der Waals surface area contributed by atoms with Gasteiger partial charge < -0.3 is 9.84 Å². The zero-order valence-corrected chi connectivity index (χ0v) is 10.9. The van der Waals surface area contributed by atoms with E-state index in [1.54, 1.807) is 25.6 Å². The van der Waals surface area contributed by atoms with Crippen molar-refractivity contribution in [2.45, 2.75) is 6.10 Å². The molecule has 1 atom stereocenters. The number of halogens is 1. The van der Waals surface area contributed by atoms with E-state index in [-0.39, 0.29) is 0 Å². The number of hydrogen-bond donors (Lipinski definition) is 1. The van der Waals surface area contributed by atoms with Crippen molar-refractivity contribution >= 4 is 15.9 Å². The number of benzene rings is 1. The fourth-order valence-electron chi connectivity index (χ4n) is 1.57. The van der Waals surface area contributed by atoms with Crippen molar-refractivity contribution in [3.8, 4) is 5.75 Å². The van der Waals surface area contributed by atoms with Crippen molar-refractivity contribution in [2.24, 2.45) is 0 Å². The fourth-order valence-corrected chi connectivity index (χ4v) is 2.15. The van der Waals surface area contributed by atoms with E-state index in [1.165, 1.54) is 0 Å². The van der Waals surface area contributed by atoms with Gasteiger partial charge in [0.25, 0.3) is 0 Å². The standard InChI is InChI=1S/C13H12BrNO2/c1-17-10-4-5-11(12(14)7-10)13(16)9-3-2-6-15-8-9/h2-8,13,16H,1H3. The van der Waals surface area contributed by atoms with Crippen LogP contribution in [-0.4, -0.2) is 17.2 Å². The van der Waals surface area contributed by atoms with Crippen LogP contribution in [0.4, 0.5) is 0 Å². The molecule has 1 aromatic heterocycles. The Morgan fingerprint density at radius 3 is 2.76 bits per heavy atom. The number of aliphatic hydroxyl groups excluding tert-OH is 1. The average molecular weight is 294 g/mol. The Labute approximate surface area is 108 Å². The lowest BCUT2D eigenvalue weighted by Gasteiger charge is -2.13. The van der Waals surface area contributed by atoms with Gasteiger partial charge in [0.15, 0.2) is 0 Å². The second kappa shape index (κ2) is 5.29. The summed E-state index contributed by atoms with van der Waals surface area (Å²) in [6, 6.07) is 9.12. The largest absolute Gasteiger partial charge is 0.497 e. The van der Waals surface area contributed by atoms with Crippen molar-refractivity contribution in [1.82, 2.24) is 4.98 Å². The Balaban J connectivity index is 2.34. The second-order valence-corrected chi connectivity index (χ2v) is 4.43. The van der Waals surface area contributed by atoms with E-state index in [9.17, 15) is 5.11 Å². The maximum atomic E-state index is 10.2. The molecule has 0 aliphatic carbocycles. The first-order valence-electron chi connectivity index (χ1n) is 5.14. The zero-order valence-electron chi connectivity index (χ0n) is 9.30. The Morgan fingerprint density at radius 2 is 2.18 bits per heavy atom. The summed E-state index contributed by atoms with van der Waals surface area (Å²) in [6.07, 6.45) is 2.64. The molecule has 88 valence electrons. The van der Waals surface area contributed by atoms with Gasteiger partial charge in [0, 0.05) is 22.4 Å². The van der Waals surface area contributed by atoms with Gasteiger partial charge in [-0.1, -0.05) is 28.1 Å². The van der Waals surface area contributed by atoms with Gasteiger partial charge in [-0.05, 0) is 23.8 Å². The number of hydrogen-bond acceptors (Lipinski definition) is 3. The van der Waals surface area contributed by atoms with E-state index in [0.29, 0.717) is 0 Å². The molecule has 1 N–H and O–H groups in total. The van der Waals surface area contributed by atoms with Crippen LogP contribution in [-0.2, 0) is 0 Å². The molecule has 4 heteroatoms. The van der Waals surface area contributed by atoms with Gasteiger partial charge in [-0.3, -0.25) is 4.98 Å². The highest BCUT2D eigenvalue weighted by atomic mass is 79.9. The summed E-state index contributed by atoms with van der Waals surface area (Å²) >= 11 is 3.43. The van der Waals surface area contributed by atoms with Gasteiger partial charge in [0.1, 0.15) is 11.9 Å². The molecule has 0 saturated carbocycles. The van der Waals surface area contributed by atoms with Crippen molar-refractivity contribution in [3.05, 3.63) is 58.3 Å². The number of nitrogens with zero attached hydrogens (tertiary/aromatic N) is 1. The van der Waals surface area contributed by atoms with Crippen LogP contribution in [0.5, 0.6) is 5.75 Å². The molecule has 1 unspecified atom stereocenters. The molecule has 1 aromatic carbocycles. The number of pyridine rings is 1. The van der Waals surface area contributed by atoms with Gasteiger partial charge in [0.05, 0.1) is 7.11 Å². The van der Waals surface area contributed by atoms with Crippen LogP contribution in [0.25, 0.3) is 0 Å². The highest BCUT2D eigenvalue weighted by Gasteiger charge is 2.14. The maximum Gasteiger partial charge on any atom is 0.120 e. The monoisotopic (exact) mass is 293 g/mol. The van der Waals surface area contributed by atoms with Gasteiger partial charge in [-0.15, -0.1) is 0 Å².